The molecule has 2 fully saturated rings. The van der Waals surface area contributed by atoms with E-state index < -0.39 is 0 Å². The van der Waals surface area contributed by atoms with E-state index in [2.05, 4.69) is 56.8 Å². The van der Waals surface area contributed by atoms with E-state index in [0.717, 1.165) is 13.1 Å². The maximum absolute atomic E-state index is 6.38. The molecule has 1 N–H and O–H groups in total. The fourth-order valence-corrected chi connectivity index (χ4v) is 3.94. The van der Waals surface area contributed by atoms with Crippen LogP contribution in [0, 0.1) is 5.92 Å². The number of ether oxygens (including phenoxy) is 1. The second kappa shape index (κ2) is 5.91. The monoisotopic (exact) mass is 283 g/mol. The minimum absolute atomic E-state index is 0.0559. The van der Waals surface area contributed by atoms with E-state index >= 15 is 0 Å². The molecule has 2 unspecified atom stereocenters. The molecule has 0 amide bonds. The highest BCUT2D eigenvalue weighted by atomic mass is 16.5. The van der Waals surface area contributed by atoms with Crippen molar-refractivity contribution in [3.63, 3.8) is 0 Å². The minimum atomic E-state index is -0.0866. The largest absolute Gasteiger partial charge is 0.368 e. The smallest absolute Gasteiger partial charge is 0.0790 e. The third kappa shape index (κ3) is 3.35. The molecule has 0 saturated carbocycles. The van der Waals surface area contributed by atoms with Gasteiger partial charge in [-0.3, -0.25) is 0 Å². The van der Waals surface area contributed by atoms with Crippen molar-refractivity contribution in [2.24, 2.45) is 5.92 Å². The summed E-state index contributed by atoms with van der Waals surface area (Å²) in [7, 11) is 2.21. The first-order chi connectivity index (χ1) is 9.26. The van der Waals surface area contributed by atoms with Gasteiger partial charge in [0.05, 0.1) is 11.2 Å². The van der Waals surface area contributed by atoms with Crippen LogP contribution in [0.25, 0.3) is 0 Å². The molecule has 2 aliphatic heterocycles. The van der Waals surface area contributed by atoms with E-state index in [1.165, 1.54) is 26.2 Å². The van der Waals surface area contributed by atoms with Crippen LogP contribution in [0.15, 0.2) is 0 Å². The first-order valence-electron chi connectivity index (χ1n) is 8.10. The zero-order chi connectivity index (χ0) is 15.0. The molecule has 0 aromatic heterocycles. The summed E-state index contributed by atoms with van der Waals surface area (Å²) < 4.78 is 6.38. The molecule has 0 aromatic rings. The van der Waals surface area contributed by atoms with E-state index in [4.69, 9.17) is 4.74 Å². The van der Waals surface area contributed by atoms with Crippen LogP contribution in [0.1, 0.15) is 34.6 Å². The molecular formula is C16H33N3O. The number of hydrogen-bond donors (Lipinski definition) is 1. The van der Waals surface area contributed by atoms with Gasteiger partial charge in [-0.2, -0.15) is 0 Å². The highest BCUT2D eigenvalue weighted by Gasteiger charge is 2.53. The van der Waals surface area contributed by atoms with Crippen molar-refractivity contribution in [2.75, 3.05) is 46.3 Å². The summed E-state index contributed by atoms with van der Waals surface area (Å²) in [6, 6.07) is 0.433. The lowest BCUT2D eigenvalue weighted by molar-refractivity contribution is -0.0800. The Kier molecular flexibility index (Phi) is 4.80. The van der Waals surface area contributed by atoms with Crippen molar-refractivity contribution >= 4 is 0 Å². The van der Waals surface area contributed by atoms with Crippen LogP contribution in [0.5, 0.6) is 0 Å². The summed E-state index contributed by atoms with van der Waals surface area (Å²) in [5.74, 6) is 0.542. The Balaban J connectivity index is 2.06. The summed E-state index contributed by atoms with van der Waals surface area (Å²) in [5, 5.41) is 3.68. The van der Waals surface area contributed by atoms with Gasteiger partial charge in [0.1, 0.15) is 0 Å². The van der Waals surface area contributed by atoms with Crippen molar-refractivity contribution in [2.45, 2.75) is 51.9 Å². The quantitative estimate of drug-likeness (QED) is 0.844. The Bertz CT molecular complexity index is 322. The Morgan fingerprint density at radius 1 is 1.05 bits per heavy atom. The van der Waals surface area contributed by atoms with Crippen molar-refractivity contribution in [1.29, 1.82) is 0 Å². The van der Waals surface area contributed by atoms with Crippen LogP contribution in [0.4, 0.5) is 0 Å². The van der Waals surface area contributed by atoms with Gasteiger partial charge in [0.2, 0.25) is 0 Å². The zero-order valence-corrected chi connectivity index (χ0v) is 14.2. The molecule has 2 atom stereocenters. The first-order valence-corrected chi connectivity index (χ1v) is 8.10. The van der Waals surface area contributed by atoms with Gasteiger partial charge in [-0.25, -0.2) is 0 Å². The summed E-state index contributed by atoms with van der Waals surface area (Å²) in [6.45, 7) is 18.0. The molecule has 4 heteroatoms. The Morgan fingerprint density at radius 3 is 2.20 bits per heavy atom. The van der Waals surface area contributed by atoms with E-state index in [-0.39, 0.29) is 11.2 Å². The van der Waals surface area contributed by atoms with Crippen LogP contribution >= 0.6 is 0 Å². The van der Waals surface area contributed by atoms with Crippen LogP contribution < -0.4 is 5.32 Å². The minimum Gasteiger partial charge on any atom is -0.368 e. The van der Waals surface area contributed by atoms with Crippen molar-refractivity contribution in [3.05, 3.63) is 0 Å². The topological polar surface area (TPSA) is 27.7 Å². The molecule has 4 nitrogen and oxygen atoms in total. The third-order valence-electron chi connectivity index (χ3n) is 5.05. The second-order valence-corrected chi connectivity index (χ2v) is 7.55. The lowest BCUT2D eigenvalue weighted by Gasteiger charge is -2.38. The molecule has 118 valence electrons. The van der Waals surface area contributed by atoms with Gasteiger partial charge < -0.3 is 19.9 Å². The lowest BCUT2D eigenvalue weighted by atomic mass is 9.82. The highest BCUT2D eigenvalue weighted by Crippen LogP contribution is 2.42. The van der Waals surface area contributed by atoms with Crippen LogP contribution in [0.2, 0.25) is 0 Å². The normalized spacial score (nSPS) is 34.5. The van der Waals surface area contributed by atoms with E-state index in [1.807, 2.05) is 0 Å². The standard InChI is InChI=1S/C16H33N3O/c1-7-17-14-13(15(2,3)20-16(14,4)5)12-19-10-8-18(6)9-11-19/h13-14,17H,7-12H2,1-6H3. The SMILES string of the molecule is CCNC1C(CN2CCN(C)CC2)C(C)(C)OC1(C)C. The molecule has 0 aliphatic carbocycles. The predicted octanol–water partition coefficient (Wildman–Crippen LogP) is 1.42. The fraction of sp³-hybridized carbons (Fsp3) is 1.00. The van der Waals surface area contributed by atoms with Crippen molar-refractivity contribution in [3.8, 4) is 0 Å². The Morgan fingerprint density at radius 2 is 1.65 bits per heavy atom. The van der Waals surface area contributed by atoms with Gasteiger partial charge in [0.25, 0.3) is 0 Å². The average molecular weight is 283 g/mol. The summed E-state index contributed by atoms with van der Waals surface area (Å²) in [6.07, 6.45) is 0. The first kappa shape index (κ1) is 16.2. The van der Waals surface area contributed by atoms with E-state index in [0.29, 0.717) is 12.0 Å². The van der Waals surface area contributed by atoms with Crippen LogP contribution in [0.3, 0.4) is 0 Å². The Hall–Kier alpha value is -0.160. The number of nitrogens with zero attached hydrogens (tertiary/aromatic N) is 2. The second-order valence-electron chi connectivity index (χ2n) is 7.55. The highest BCUT2D eigenvalue weighted by molar-refractivity contribution is 5.06. The summed E-state index contributed by atoms with van der Waals surface area (Å²) in [4.78, 5) is 5.03. The number of piperazine rings is 1. The molecule has 0 spiro atoms. The fourth-order valence-electron chi connectivity index (χ4n) is 3.94. The van der Waals surface area contributed by atoms with Gasteiger partial charge in [-0.15, -0.1) is 0 Å². The molecular weight excluding hydrogens is 250 g/mol. The molecule has 0 bridgehead atoms. The van der Waals surface area contributed by atoms with Gasteiger partial charge in [-0.05, 0) is 41.3 Å². The van der Waals surface area contributed by atoms with Crippen LogP contribution in [-0.4, -0.2) is 73.4 Å². The van der Waals surface area contributed by atoms with Gasteiger partial charge in [0, 0.05) is 44.7 Å². The van der Waals surface area contributed by atoms with Crippen molar-refractivity contribution in [1.82, 2.24) is 15.1 Å². The van der Waals surface area contributed by atoms with E-state index in [9.17, 15) is 0 Å². The molecule has 2 aliphatic rings. The molecule has 0 radical (unpaired) electrons. The molecule has 0 aromatic carbocycles. The van der Waals surface area contributed by atoms with Gasteiger partial charge in [0.15, 0.2) is 0 Å². The number of rotatable bonds is 4. The summed E-state index contributed by atoms with van der Waals surface area (Å²) in [5.41, 5.74) is -0.142. The predicted molar refractivity (Wildman–Crippen MR) is 84.1 cm³/mol. The third-order valence-corrected chi connectivity index (χ3v) is 5.05. The summed E-state index contributed by atoms with van der Waals surface area (Å²) >= 11 is 0. The number of likely N-dealkylation sites (N-methyl/N-ethyl adjacent to an activating group) is 2. The van der Waals surface area contributed by atoms with Crippen LogP contribution in [-0.2, 0) is 4.74 Å². The molecule has 2 heterocycles. The molecule has 20 heavy (non-hydrogen) atoms. The van der Waals surface area contributed by atoms with Crippen molar-refractivity contribution < 1.29 is 4.74 Å². The average Bonchev–Trinajstić information content (AvgIpc) is 2.50. The lowest BCUT2D eigenvalue weighted by Crippen LogP contribution is -2.53. The molecule has 2 saturated heterocycles. The molecule has 2 rings (SSSR count). The van der Waals surface area contributed by atoms with Gasteiger partial charge in [-0.1, -0.05) is 6.92 Å². The maximum atomic E-state index is 6.38. The van der Waals surface area contributed by atoms with Gasteiger partial charge >= 0.3 is 0 Å². The maximum Gasteiger partial charge on any atom is 0.0790 e. The Labute approximate surface area is 124 Å². The number of nitrogens with one attached hydrogen (secondary N) is 1. The zero-order valence-electron chi connectivity index (χ0n) is 14.2. The van der Waals surface area contributed by atoms with E-state index in [1.54, 1.807) is 0 Å². The number of hydrogen-bond acceptors (Lipinski definition) is 4.